The summed E-state index contributed by atoms with van der Waals surface area (Å²) in [5.74, 6) is 0. The largest absolute Gasteiger partial charge is 0.388 e. The third-order valence-corrected chi connectivity index (χ3v) is 4.69. The number of amides is 2. The normalized spacial score (nSPS) is 17.7. The third-order valence-electron chi connectivity index (χ3n) is 4.69. The van der Waals surface area contributed by atoms with E-state index in [0.717, 1.165) is 24.9 Å². The molecule has 1 aliphatic rings. The van der Waals surface area contributed by atoms with Gasteiger partial charge in [-0.1, -0.05) is 24.3 Å². The number of hydrogen-bond donors (Lipinski definition) is 2. The van der Waals surface area contributed by atoms with Crippen LogP contribution in [-0.4, -0.2) is 43.8 Å². The molecule has 25 heavy (non-hydrogen) atoms. The Kier molecular flexibility index (Phi) is 5.08. The zero-order valence-corrected chi connectivity index (χ0v) is 14.9. The zero-order chi connectivity index (χ0) is 17.9. The Morgan fingerprint density at radius 2 is 2.20 bits per heavy atom. The van der Waals surface area contributed by atoms with Crippen molar-refractivity contribution in [3.63, 3.8) is 0 Å². The van der Waals surface area contributed by atoms with E-state index in [1.807, 2.05) is 22.9 Å². The fourth-order valence-corrected chi connectivity index (χ4v) is 3.45. The van der Waals surface area contributed by atoms with E-state index in [0.29, 0.717) is 13.1 Å². The number of benzene rings is 1. The summed E-state index contributed by atoms with van der Waals surface area (Å²) >= 11 is 0. The van der Waals surface area contributed by atoms with Crippen LogP contribution in [0.3, 0.4) is 0 Å². The maximum Gasteiger partial charge on any atom is 0.318 e. The van der Waals surface area contributed by atoms with Gasteiger partial charge in [-0.05, 0) is 37.8 Å². The quantitative estimate of drug-likeness (QED) is 0.876. The molecule has 1 aliphatic heterocycles. The molecule has 0 saturated carbocycles. The molecule has 1 aromatic heterocycles. The minimum absolute atomic E-state index is 0.107. The lowest BCUT2D eigenvalue weighted by molar-refractivity contribution is 0.00979. The minimum atomic E-state index is -0.876. The molecule has 0 bridgehead atoms. The van der Waals surface area contributed by atoms with Crippen LogP contribution in [-0.2, 0) is 13.1 Å². The Bertz CT molecular complexity index is 706. The second kappa shape index (κ2) is 7.27. The SMILES string of the molecule is CC(C)(O)[C@H]1CCCN1C(=O)NCc1cccc(Cn2ccnc2)c1. The number of urea groups is 1. The summed E-state index contributed by atoms with van der Waals surface area (Å²) in [4.78, 5) is 18.3. The first-order chi connectivity index (χ1) is 11.9. The van der Waals surface area contributed by atoms with Crippen LogP contribution in [0.1, 0.15) is 37.8 Å². The average Bonchev–Trinajstić information content (AvgIpc) is 3.23. The number of carbonyl (C=O) groups is 1. The first-order valence-corrected chi connectivity index (χ1v) is 8.74. The number of nitrogens with zero attached hydrogens (tertiary/aromatic N) is 3. The first kappa shape index (κ1) is 17.5. The lowest BCUT2D eigenvalue weighted by atomic mass is 9.97. The summed E-state index contributed by atoms with van der Waals surface area (Å²) in [5.41, 5.74) is 1.35. The van der Waals surface area contributed by atoms with Crippen molar-refractivity contribution in [3.05, 3.63) is 54.1 Å². The van der Waals surface area contributed by atoms with Gasteiger partial charge in [-0.3, -0.25) is 0 Å². The summed E-state index contributed by atoms with van der Waals surface area (Å²) < 4.78 is 2.01. The zero-order valence-electron chi connectivity index (χ0n) is 14.9. The molecule has 0 radical (unpaired) electrons. The van der Waals surface area contributed by atoms with Gasteiger partial charge in [-0.15, -0.1) is 0 Å². The standard InChI is InChI=1S/C19H26N4O2/c1-19(2,25)17-7-4-9-23(17)18(24)21-12-15-5-3-6-16(11-15)13-22-10-8-20-14-22/h3,5-6,8,10-11,14,17,25H,4,7,9,12-13H2,1-2H3,(H,21,24)/t17-/m1/s1. The van der Waals surface area contributed by atoms with Crippen molar-refractivity contribution in [1.82, 2.24) is 19.8 Å². The van der Waals surface area contributed by atoms with E-state index in [9.17, 15) is 9.90 Å². The Balaban J connectivity index is 1.59. The van der Waals surface area contributed by atoms with E-state index in [4.69, 9.17) is 0 Å². The molecule has 3 rings (SSSR count). The van der Waals surface area contributed by atoms with Gasteiger partial charge in [0.25, 0.3) is 0 Å². The lowest BCUT2D eigenvalue weighted by Crippen LogP contribution is -2.51. The van der Waals surface area contributed by atoms with Gasteiger partial charge in [0.2, 0.25) is 0 Å². The summed E-state index contributed by atoms with van der Waals surface area (Å²) in [6, 6.07) is 7.94. The molecule has 1 saturated heterocycles. The van der Waals surface area contributed by atoms with Crippen molar-refractivity contribution in [2.75, 3.05) is 6.54 Å². The Morgan fingerprint density at radius 1 is 1.40 bits per heavy atom. The summed E-state index contributed by atoms with van der Waals surface area (Å²) in [5, 5.41) is 13.2. The van der Waals surface area contributed by atoms with Crippen LogP contribution in [0.4, 0.5) is 4.79 Å². The van der Waals surface area contributed by atoms with E-state index >= 15 is 0 Å². The molecule has 2 amide bonds. The highest BCUT2D eigenvalue weighted by Gasteiger charge is 2.38. The molecular formula is C19H26N4O2. The van der Waals surface area contributed by atoms with Crippen LogP contribution in [0.15, 0.2) is 43.0 Å². The average molecular weight is 342 g/mol. The van der Waals surface area contributed by atoms with Gasteiger partial charge < -0.3 is 19.9 Å². The summed E-state index contributed by atoms with van der Waals surface area (Å²) in [7, 11) is 0. The van der Waals surface area contributed by atoms with Gasteiger partial charge in [0.05, 0.1) is 18.0 Å². The van der Waals surface area contributed by atoms with Gasteiger partial charge >= 0.3 is 6.03 Å². The smallest absolute Gasteiger partial charge is 0.318 e. The van der Waals surface area contributed by atoms with Gasteiger partial charge in [-0.2, -0.15) is 0 Å². The monoisotopic (exact) mass is 342 g/mol. The molecule has 1 aromatic carbocycles. The number of likely N-dealkylation sites (tertiary alicyclic amines) is 1. The number of carbonyl (C=O) groups excluding carboxylic acids is 1. The number of hydrogen-bond acceptors (Lipinski definition) is 3. The van der Waals surface area contributed by atoms with Gasteiger partial charge in [0, 0.05) is 32.0 Å². The highest BCUT2D eigenvalue weighted by atomic mass is 16.3. The van der Waals surface area contributed by atoms with E-state index in [-0.39, 0.29) is 12.1 Å². The second-order valence-corrected chi connectivity index (χ2v) is 7.22. The molecule has 1 atom stereocenters. The molecule has 2 aromatic rings. The molecule has 2 N–H and O–H groups in total. The number of nitrogens with one attached hydrogen (secondary N) is 1. The molecular weight excluding hydrogens is 316 g/mol. The Labute approximate surface area is 148 Å². The van der Waals surface area contributed by atoms with E-state index in [1.165, 1.54) is 5.56 Å². The van der Waals surface area contributed by atoms with Crippen molar-refractivity contribution in [2.45, 2.75) is 51.4 Å². The number of aromatic nitrogens is 2. The number of imidazole rings is 1. The van der Waals surface area contributed by atoms with E-state index in [1.54, 1.807) is 31.3 Å². The highest BCUT2D eigenvalue weighted by Crippen LogP contribution is 2.26. The van der Waals surface area contributed by atoms with Crippen molar-refractivity contribution in [2.24, 2.45) is 0 Å². The lowest BCUT2D eigenvalue weighted by Gasteiger charge is -2.33. The number of rotatable bonds is 5. The van der Waals surface area contributed by atoms with Gasteiger partial charge in [0.15, 0.2) is 0 Å². The molecule has 0 aliphatic carbocycles. The molecule has 0 spiro atoms. The van der Waals surface area contributed by atoms with Crippen molar-refractivity contribution >= 4 is 6.03 Å². The third kappa shape index (κ3) is 4.39. The van der Waals surface area contributed by atoms with Crippen molar-refractivity contribution in [3.8, 4) is 0 Å². The minimum Gasteiger partial charge on any atom is -0.388 e. The Morgan fingerprint density at radius 3 is 2.92 bits per heavy atom. The van der Waals surface area contributed by atoms with Gasteiger partial charge in [-0.25, -0.2) is 9.78 Å². The fourth-order valence-electron chi connectivity index (χ4n) is 3.45. The maximum absolute atomic E-state index is 12.5. The van der Waals surface area contributed by atoms with Gasteiger partial charge in [0.1, 0.15) is 0 Å². The van der Waals surface area contributed by atoms with Crippen molar-refractivity contribution < 1.29 is 9.90 Å². The number of aliphatic hydroxyl groups is 1. The molecule has 6 heteroatoms. The maximum atomic E-state index is 12.5. The van der Waals surface area contributed by atoms with Crippen LogP contribution in [0.5, 0.6) is 0 Å². The van der Waals surface area contributed by atoms with Crippen LogP contribution in [0, 0.1) is 0 Å². The predicted octanol–water partition coefficient (Wildman–Crippen LogP) is 2.38. The topological polar surface area (TPSA) is 70.4 Å². The first-order valence-electron chi connectivity index (χ1n) is 8.74. The second-order valence-electron chi connectivity index (χ2n) is 7.22. The molecule has 134 valence electrons. The molecule has 0 unspecified atom stereocenters. The molecule has 1 fully saturated rings. The van der Waals surface area contributed by atoms with Crippen molar-refractivity contribution in [1.29, 1.82) is 0 Å². The summed E-state index contributed by atoms with van der Waals surface area (Å²) in [6.07, 6.45) is 7.26. The van der Waals surface area contributed by atoms with Crippen LogP contribution in [0.25, 0.3) is 0 Å². The predicted molar refractivity (Wildman–Crippen MR) is 96.0 cm³/mol. The summed E-state index contributed by atoms with van der Waals surface area (Å²) in [6.45, 7) is 5.47. The highest BCUT2D eigenvalue weighted by molar-refractivity contribution is 5.75. The van der Waals surface area contributed by atoms with Crippen LogP contribution < -0.4 is 5.32 Å². The fraction of sp³-hybridized carbons (Fsp3) is 0.474. The van der Waals surface area contributed by atoms with E-state index in [2.05, 4.69) is 22.4 Å². The van der Waals surface area contributed by atoms with Crippen LogP contribution in [0.2, 0.25) is 0 Å². The Hall–Kier alpha value is -2.34. The van der Waals surface area contributed by atoms with E-state index < -0.39 is 5.60 Å². The molecule has 2 heterocycles. The van der Waals surface area contributed by atoms with Crippen LogP contribution >= 0.6 is 0 Å². The molecule has 6 nitrogen and oxygen atoms in total.